The minimum Gasteiger partial charge on any atom is -0.290 e. The summed E-state index contributed by atoms with van der Waals surface area (Å²) in [7, 11) is -3.39. The first-order valence-corrected chi connectivity index (χ1v) is 15.9. The summed E-state index contributed by atoms with van der Waals surface area (Å²) < 4.78 is 126. The number of hydrogen-bond donors (Lipinski definition) is 0. The number of hydrogen-bond acceptors (Lipinski definition) is 7. The lowest BCUT2D eigenvalue weighted by Gasteiger charge is -2.46. The Morgan fingerprint density at radius 3 is 2.41 bits per heavy atom. The molecule has 2 aliphatic carbocycles. The van der Waals surface area contributed by atoms with Gasteiger partial charge in [0.1, 0.15) is 22.1 Å². The first-order valence-electron chi connectivity index (χ1n) is 13.7. The smallest absolute Gasteiger partial charge is 0.290 e. The number of carbonyl (C=O) groups is 1. The van der Waals surface area contributed by atoms with Crippen molar-refractivity contribution in [2.75, 3.05) is 6.54 Å². The summed E-state index contributed by atoms with van der Waals surface area (Å²) in [5.41, 5.74) is 0.0582. The standard InChI is InChI=1S/C28H23F7N6O3S2/c1-39-14-21(12-37-39)46(43,44)40(15-27(30,31)32)20-5-2-17-8-22-16(11-38-41(22)19-6-3-18(29)4-7-19)9-26(17,10-20)24(42)25-36-13-23(45-25)28(33,34)35/h3-4,6-8,11-14,20H,2,5,9-10,15H2,1H3/t20-,26-/m0/s1. The lowest BCUT2D eigenvalue weighted by atomic mass is 9.61. The number of carbonyl (C=O) groups excluding carboxylic acids is 1. The predicted octanol–water partition coefficient (Wildman–Crippen LogP) is 5.83. The zero-order valence-electron chi connectivity index (χ0n) is 23.7. The van der Waals surface area contributed by atoms with Crippen molar-refractivity contribution >= 4 is 33.2 Å². The van der Waals surface area contributed by atoms with Crippen LogP contribution in [-0.2, 0) is 29.7 Å². The van der Waals surface area contributed by atoms with E-state index < -0.39 is 73.2 Å². The Hall–Kier alpha value is -3.90. The normalized spacial score (nSPS) is 20.4. The van der Waals surface area contributed by atoms with Gasteiger partial charge in [0, 0.05) is 19.3 Å². The third-order valence-electron chi connectivity index (χ3n) is 8.15. The molecule has 0 amide bonds. The fourth-order valence-corrected chi connectivity index (χ4v) is 8.54. The van der Waals surface area contributed by atoms with Crippen LogP contribution in [0.4, 0.5) is 30.7 Å². The minimum absolute atomic E-state index is 0.0567. The van der Waals surface area contributed by atoms with E-state index in [2.05, 4.69) is 15.2 Å². The van der Waals surface area contributed by atoms with Crippen LogP contribution < -0.4 is 0 Å². The van der Waals surface area contributed by atoms with Gasteiger partial charge >= 0.3 is 12.4 Å². The number of alkyl halides is 6. The molecule has 0 aliphatic heterocycles. The van der Waals surface area contributed by atoms with Gasteiger partial charge in [0.05, 0.1) is 35.4 Å². The van der Waals surface area contributed by atoms with E-state index in [-0.39, 0.29) is 30.6 Å². The fraction of sp³-hybridized carbons (Fsp3) is 0.357. The number of rotatable bonds is 7. The zero-order valence-corrected chi connectivity index (χ0v) is 25.3. The van der Waals surface area contributed by atoms with E-state index in [9.17, 15) is 43.9 Å². The van der Waals surface area contributed by atoms with E-state index >= 15 is 0 Å². The van der Waals surface area contributed by atoms with Crippen molar-refractivity contribution in [2.45, 2.75) is 49.0 Å². The van der Waals surface area contributed by atoms with Crippen LogP contribution >= 0.6 is 11.3 Å². The van der Waals surface area contributed by atoms with E-state index in [4.69, 9.17) is 0 Å². The molecule has 0 radical (unpaired) electrons. The Morgan fingerprint density at radius 2 is 1.80 bits per heavy atom. The first kappa shape index (κ1) is 32.1. The molecule has 2 aliphatic rings. The molecule has 0 bridgehead atoms. The number of fused-ring (bicyclic) bond motifs is 2. The van der Waals surface area contributed by atoms with E-state index in [1.165, 1.54) is 42.2 Å². The van der Waals surface area contributed by atoms with E-state index in [1.807, 2.05) is 0 Å². The number of halogens is 7. The molecule has 1 saturated carbocycles. The Kier molecular flexibility index (Phi) is 7.75. The fourth-order valence-electron chi connectivity index (χ4n) is 6.09. The zero-order chi connectivity index (χ0) is 33.2. The molecule has 0 unspecified atom stereocenters. The van der Waals surface area contributed by atoms with Crippen molar-refractivity contribution in [3.8, 4) is 5.69 Å². The summed E-state index contributed by atoms with van der Waals surface area (Å²) in [6.45, 7) is -1.86. The molecular weight excluding hydrogens is 665 g/mol. The Morgan fingerprint density at radius 1 is 1.09 bits per heavy atom. The number of aromatic nitrogens is 5. The minimum atomic E-state index is -4.96. The monoisotopic (exact) mass is 688 g/mol. The molecule has 6 rings (SSSR count). The van der Waals surface area contributed by atoms with Gasteiger partial charge in [-0.25, -0.2) is 22.5 Å². The SMILES string of the molecule is Cn1cc(S(=O)(=O)N(CC(F)(F)F)[C@H]2CCC3=Cc4c(cnn4-c4ccc(F)cc4)C[C@]3(C(=O)c3ncc(C(F)(F)F)s3)C2)cn1. The Labute approximate surface area is 261 Å². The molecule has 18 heteroatoms. The number of ketones is 1. The van der Waals surface area contributed by atoms with Crippen molar-refractivity contribution in [1.29, 1.82) is 0 Å². The highest BCUT2D eigenvalue weighted by molar-refractivity contribution is 7.89. The second-order valence-corrected chi connectivity index (χ2v) is 14.1. The van der Waals surface area contributed by atoms with Crippen molar-refractivity contribution in [3.05, 3.63) is 81.6 Å². The van der Waals surface area contributed by atoms with Crippen molar-refractivity contribution in [2.24, 2.45) is 12.5 Å². The molecule has 1 aromatic carbocycles. The average molecular weight is 689 g/mol. The van der Waals surface area contributed by atoms with Crippen LogP contribution in [0.1, 0.15) is 45.2 Å². The van der Waals surface area contributed by atoms with Crippen molar-refractivity contribution < 1.29 is 43.9 Å². The van der Waals surface area contributed by atoms with Gasteiger partial charge in [-0.15, -0.1) is 11.3 Å². The molecule has 0 N–H and O–H groups in total. The molecule has 0 saturated heterocycles. The van der Waals surface area contributed by atoms with Crippen LogP contribution in [0, 0.1) is 11.2 Å². The van der Waals surface area contributed by atoms with Crippen LogP contribution in [0.5, 0.6) is 0 Å². The summed E-state index contributed by atoms with van der Waals surface area (Å²) in [4.78, 5) is 16.4. The van der Waals surface area contributed by atoms with Gasteiger partial charge in [0.15, 0.2) is 5.01 Å². The second kappa shape index (κ2) is 11.1. The van der Waals surface area contributed by atoms with Crippen LogP contribution in [0.2, 0.25) is 0 Å². The number of allylic oxidation sites excluding steroid dienone is 1. The van der Waals surface area contributed by atoms with Gasteiger partial charge in [-0.05, 0) is 61.6 Å². The maximum absolute atomic E-state index is 14.3. The Bertz CT molecular complexity index is 1940. The van der Waals surface area contributed by atoms with Gasteiger partial charge in [0.2, 0.25) is 15.8 Å². The van der Waals surface area contributed by atoms with E-state index in [0.717, 1.165) is 17.1 Å². The molecule has 3 heterocycles. The predicted molar refractivity (Wildman–Crippen MR) is 150 cm³/mol. The molecule has 1 fully saturated rings. The number of benzene rings is 1. The molecule has 4 aromatic rings. The second-order valence-electron chi connectivity index (χ2n) is 11.1. The molecule has 2 atom stereocenters. The topological polar surface area (TPSA) is 103 Å². The summed E-state index contributed by atoms with van der Waals surface area (Å²) in [6, 6.07) is 4.01. The number of sulfonamides is 1. The largest absolute Gasteiger partial charge is 0.427 e. The van der Waals surface area contributed by atoms with E-state index in [0.29, 0.717) is 33.0 Å². The number of aryl methyl sites for hydroxylation is 1. The summed E-state index contributed by atoms with van der Waals surface area (Å²) in [5.74, 6) is -1.35. The van der Waals surface area contributed by atoms with Gasteiger partial charge in [0.25, 0.3) is 0 Å². The lowest BCUT2D eigenvalue weighted by Crippen LogP contribution is -2.52. The highest BCUT2D eigenvalue weighted by Gasteiger charge is 2.53. The maximum atomic E-state index is 14.3. The van der Waals surface area contributed by atoms with Crippen molar-refractivity contribution in [1.82, 2.24) is 28.9 Å². The molecule has 46 heavy (non-hydrogen) atoms. The first-order chi connectivity index (χ1) is 21.5. The average Bonchev–Trinajstić information content (AvgIpc) is 3.74. The third-order valence-corrected chi connectivity index (χ3v) is 11.0. The quantitative estimate of drug-likeness (QED) is 0.179. The summed E-state index contributed by atoms with van der Waals surface area (Å²) in [5, 5.41) is 7.61. The number of Topliss-reactive ketones (excluding diaryl/α,β-unsaturated/α-hetero) is 1. The van der Waals surface area contributed by atoms with Crippen LogP contribution in [0.25, 0.3) is 11.8 Å². The Balaban J connectivity index is 1.46. The molecule has 244 valence electrons. The van der Waals surface area contributed by atoms with E-state index in [1.54, 1.807) is 6.08 Å². The number of nitrogens with zero attached hydrogens (tertiary/aromatic N) is 6. The maximum Gasteiger partial charge on any atom is 0.427 e. The summed E-state index contributed by atoms with van der Waals surface area (Å²) >= 11 is 0.110. The van der Waals surface area contributed by atoms with Gasteiger partial charge in [-0.2, -0.15) is 40.8 Å². The highest BCUT2D eigenvalue weighted by atomic mass is 32.2. The molecular formula is C28H23F7N6O3S2. The van der Waals surface area contributed by atoms with Crippen LogP contribution in [-0.4, -0.2) is 61.8 Å². The summed E-state index contributed by atoms with van der Waals surface area (Å²) in [6.07, 6.45) is -5.10. The molecule has 3 aromatic heterocycles. The van der Waals surface area contributed by atoms with Gasteiger partial charge in [-0.3, -0.25) is 9.48 Å². The third kappa shape index (κ3) is 5.77. The molecule has 9 nitrogen and oxygen atoms in total. The number of thiazole rings is 1. The molecule has 0 spiro atoms. The van der Waals surface area contributed by atoms with Crippen LogP contribution in [0.15, 0.2) is 59.5 Å². The van der Waals surface area contributed by atoms with Gasteiger partial charge < -0.3 is 0 Å². The van der Waals surface area contributed by atoms with Crippen molar-refractivity contribution in [3.63, 3.8) is 0 Å². The van der Waals surface area contributed by atoms with Gasteiger partial charge in [-0.1, -0.05) is 5.57 Å². The highest BCUT2D eigenvalue weighted by Crippen LogP contribution is 2.52. The lowest BCUT2D eigenvalue weighted by molar-refractivity contribution is -0.140. The van der Waals surface area contributed by atoms with Crippen LogP contribution in [0.3, 0.4) is 0 Å².